The van der Waals surface area contributed by atoms with Crippen LogP contribution in [0.4, 0.5) is 5.69 Å². The van der Waals surface area contributed by atoms with E-state index in [1.54, 1.807) is 4.90 Å². The van der Waals surface area contributed by atoms with Crippen LogP contribution in [0.3, 0.4) is 0 Å². The van der Waals surface area contributed by atoms with Gasteiger partial charge < -0.3 is 16.0 Å². The number of carbonyl (C=O) groups excluding carboxylic acids is 2. The molecule has 3 N–H and O–H groups in total. The lowest BCUT2D eigenvalue weighted by Gasteiger charge is -2.16. The van der Waals surface area contributed by atoms with Crippen LogP contribution in [0.2, 0.25) is 0 Å². The lowest BCUT2D eigenvalue weighted by atomic mass is 10.1. The molecule has 0 spiro atoms. The van der Waals surface area contributed by atoms with Crippen molar-refractivity contribution in [2.24, 2.45) is 11.7 Å². The molecule has 1 unspecified atom stereocenters. The van der Waals surface area contributed by atoms with Gasteiger partial charge in [-0.1, -0.05) is 6.07 Å². The van der Waals surface area contributed by atoms with E-state index in [0.29, 0.717) is 25.1 Å². The van der Waals surface area contributed by atoms with Gasteiger partial charge in [0.25, 0.3) is 5.91 Å². The molecule has 0 aromatic heterocycles. The molecule has 2 heterocycles. The van der Waals surface area contributed by atoms with Crippen LogP contribution in [0.5, 0.6) is 0 Å². The summed E-state index contributed by atoms with van der Waals surface area (Å²) in [4.78, 5) is 25.2. The molecule has 0 saturated carbocycles. The second-order valence-electron chi connectivity index (χ2n) is 5.19. The Morgan fingerprint density at radius 1 is 1.37 bits per heavy atom. The first-order valence-corrected chi connectivity index (χ1v) is 6.60. The number of anilines is 1. The van der Waals surface area contributed by atoms with Crippen LogP contribution in [0.25, 0.3) is 0 Å². The highest BCUT2D eigenvalue weighted by Gasteiger charge is 2.30. The van der Waals surface area contributed by atoms with Crippen molar-refractivity contribution in [1.82, 2.24) is 4.90 Å². The minimum atomic E-state index is -0.314. The highest BCUT2D eigenvalue weighted by Crippen LogP contribution is 2.25. The SMILES string of the molecule is NC(=O)C1CCN(C(=O)c2ccc3c(c2)NCC3)C1. The zero-order valence-electron chi connectivity index (χ0n) is 10.7. The summed E-state index contributed by atoms with van der Waals surface area (Å²) in [6.45, 7) is 1.98. The molecule has 100 valence electrons. The average molecular weight is 259 g/mol. The summed E-state index contributed by atoms with van der Waals surface area (Å²) in [5.74, 6) is -0.525. The van der Waals surface area contributed by atoms with E-state index < -0.39 is 0 Å². The maximum absolute atomic E-state index is 12.4. The Balaban J connectivity index is 1.76. The highest BCUT2D eigenvalue weighted by molar-refractivity contribution is 5.96. The van der Waals surface area contributed by atoms with E-state index in [2.05, 4.69) is 5.32 Å². The first-order chi connectivity index (χ1) is 9.15. The number of nitrogens with one attached hydrogen (secondary N) is 1. The Morgan fingerprint density at radius 3 is 2.95 bits per heavy atom. The van der Waals surface area contributed by atoms with Crippen LogP contribution in [0.15, 0.2) is 18.2 Å². The number of likely N-dealkylation sites (tertiary alicyclic amines) is 1. The van der Waals surface area contributed by atoms with Crippen LogP contribution < -0.4 is 11.1 Å². The molecular formula is C14H17N3O2. The van der Waals surface area contributed by atoms with E-state index >= 15 is 0 Å². The average Bonchev–Trinajstić information content (AvgIpc) is 3.06. The van der Waals surface area contributed by atoms with Gasteiger partial charge in [0.2, 0.25) is 5.91 Å². The van der Waals surface area contributed by atoms with Gasteiger partial charge in [-0.25, -0.2) is 0 Å². The van der Waals surface area contributed by atoms with Crippen LogP contribution in [-0.4, -0.2) is 36.3 Å². The summed E-state index contributed by atoms with van der Waals surface area (Å²) in [6.07, 6.45) is 1.68. The minimum Gasteiger partial charge on any atom is -0.384 e. The zero-order chi connectivity index (χ0) is 13.4. The van der Waals surface area contributed by atoms with Crippen LogP contribution in [0, 0.1) is 5.92 Å². The van der Waals surface area contributed by atoms with Gasteiger partial charge in [0.15, 0.2) is 0 Å². The minimum absolute atomic E-state index is 0.0137. The first-order valence-electron chi connectivity index (χ1n) is 6.60. The van der Waals surface area contributed by atoms with Gasteiger partial charge in [0.05, 0.1) is 5.92 Å². The lowest BCUT2D eigenvalue weighted by molar-refractivity contribution is -0.121. The monoisotopic (exact) mass is 259 g/mol. The predicted octanol–water partition coefficient (Wildman–Crippen LogP) is 0.602. The molecular weight excluding hydrogens is 242 g/mol. The molecule has 2 aliphatic heterocycles. The Morgan fingerprint density at radius 2 is 2.21 bits per heavy atom. The number of rotatable bonds is 2. The van der Waals surface area contributed by atoms with E-state index in [0.717, 1.165) is 18.7 Å². The fourth-order valence-corrected chi connectivity index (χ4v) is 2.78. The number of benzene rings is 1. The van der Waals surface area contributed by atoms with Gasteiger partial charge in [0.1, 0.15) is 0 Å². The van der Waals surface area contributed by atoms with Gasteiger partial charge in [-0.3, -0.25) is 9.59 Å². The number of carbonyl (C=O) groups is 2. The first kappa shape index (κ1) is 12.0. The van der Waals surface area contributed by atoms with Crippen molar-refractivity contribution in [3.05, 3.63) is 29.3 Å². The van der Waals surface area contributed by atoms with Crippen molar-refractivity contribution in [1.29, 1.82) is 0 Å². The molecule has 1 saturated heterocycles. The fraction of sp³-hybridized carbons (Fsp3) is 0.429. The smallest absolute Gasteiger partial charge is 0.253 e. The van der Waals surface area contributed by atoms with Crippen molar-refractivity contribution in [3.8, 4) is 0 Å². The molecule has 3 rings (SSSR count). The maximum atomic E-state index is 12.4. The number of nitrogens with zero attached hydrogens (tertiary/aromatic N) is 1. The molecule has 1 aromatic rings. The van der Waals surface area contributed by atoms with E-state index in [1.807, 2.05) is 18.2 Å². The zero-order valence-corrected chi connectivity index (χ0v) is 10.7. The summed E-state index contributed by atoms with van der Waals surface area (Å²) in [5.41, 5.74) is 8.27. The van der Waals surface area contributed by atoms with Crippen LogP contribution in [-0.2, 0) is 11.2 Å². The van der Waals surface area contributed by atoms with Gasteiger partial charge in [0, 0.05) is 30.9 Å². The molecule has 1 aromatic carbocycles. The van der Waals surface area contributed by atoms with Gasteiger partial charge >= 0.3 is 0 Å². The normalized spacial score (nSPS) is 21.1. The molecule has 0 bridgehead atoms. The van der Waals surface area contributed by atoms with E-state index in [4.69, 9.17) is 5.73 Å². The van der Waals surface area contributed by atoms with E-state index in [9.17, 15) is 9.59 Å². The molecule has 0 radical (unpaired) electrons. The molecule has 2 amide bonds. The number of hydrogen-bond acceptors (Lipinski definition) is 3. The van der Waals surface area contributed by atoms with E-state index in [1.165, 1.54) is 5.56 Å². The van der Waals surface area contributed by atoms with Gasteiger partial charge in [-0.2, -0.15) is 0 Å². The number of hydrogen-bond donors (Lipinski definition) is 2. The Hall–Kier alpha value is -2.04. The molecule has 1 fully saturated rings. The molecule has 2 aliphatic rings. The summed E-state index contributed by atoms with van der Waals surface area (Å²) < 4.78 is 0. The number of primary amides is 1. The van der Waals surface area contributed by atoms with Crippen molar-refractivity contribution >= 4 is 17.5 Å². The third kappa shape index (κ3) is 2.16. The maximum Gasteiger partial charge on any atom is 0.253 e. The third-order valence-electron chi connectivity index (χ3n) is 3.94. The predicted molar refractivity (Wildman–Crippen MR) is 71.8 cm³/mol. The topological polar surface area (TPSA) is 75.4 Å². The number of fused-ring (bicyclic) bond motifs is 1. The number of nitrogens with two attached hydrogens (primary N) is 1. The molecule has 5 nitrogen and oxygen atoms in total. The molecule has 5 heteroatoms. The van der Waals surface area contributed by atoms with E-state index in [-0.39, 0.29) is 17.7 Å². The second kappa shape index (κ2) is 4.57. The Labute approximate surface area is 111 Å². The van der Waals surface area contributed by atoms with Crippen molar-refractivity contribution in [2.45, 2.75) is 12.8 Å². The van der Waals surface area contributed by atoms with Crippen molar-refractivity contribution in [2.75, 3.05) is 25.0 Å². The van der Waals surface area contributed by atoms with Crippen LogP contribution in [0.1, 0.15) is 22.3 Å². The van der Waals surface area contributed by atoms with Gasteiger partial charge in [-0.15, -0.1) is 0 Å². The molecule has 19 heavy (non-hydrogen) atoms. The summed E-state index contributed by atoms with van der Waals surface area (Å²) in [7, 11) is 0. The lowest BCUT2D eigenvalue weighted by Crippen LogP contribution is -2.31. The highest BCUT2D eigenvalue weighted by atomic mass is 16.2. The Kier molecular flexibility index (Phi) is 2.89. The van der Waals surface area contributed by atoms with Crippen LogP contribution >= 0.6 is 0 Å². The molecule has 0 aliphatic carbocycles. The standard InChI is InChI=1S/C14H17N3O2/c15-13(18)11-4-6-17(8-11)14(19)10-2-1-9-3-5-16-12(9)7-10/h1-2,7,11,16H,3-6,8H2,(H2,15,18). The number of amides is 2. The molecule has 1 atom stereocenters. The van der Waals surface area contributed by atoms with Crippen molar-refractivity contribution < 1.29 is 9.59 Å². The fourth-order valence-electron chi connectivity index (χ4n) is 2.78. The summed E-state index contributed by atoms with van der Waals surface area (Å²) in [6, 6.07) is 5.78. The van der Waals surface area contributed by atoms with Gasteiger partial charge in [-0.05, 0) is 30.5 Å². The Bertz CT molecular complexity index is 541. The largest absolute Gasteiger partial charge is 0.384 e. The van der Waals surface area contributed by atoms with Crippen molar-refractivity contribution in [3.63, 3.8) is 0 Å². The second-order valence-corrected chi connectivity index (χ2v) is 5.19. The summed E-state index contributed by atoms with van der Waals surface area (Å²) >= 11 is 0. The summed E-state index contributed by atoms with van der Waals surface area (Å²) in [5, 5.41) is 3.27. The third-order valence-corrected chi connectivity index (χ3v) is 3.94. The quantitative estimate of drug-likeness (QED) is 0.816.